The van der Waals surface area contributed by atoms with Crippen LogP contribution >= 0.6 is 22.9 Å². The monoisotopic (exact) mass is 448 g/mol. The van der Waals surface area contributed by atoms with Gasteiger partial charge in [-0.25, -0.2) is 5.10 Å². The minimum Gasteiger partial charge on any atom is -0.404 e. The number of nitriles is 1. The third kappa shape index (κ3) is 3.49. The van der Waals surface area contributed by atoms with Crippen LogP contribution in [0.4, 0.5) is 0 Å². The molecule has 2 heterocycles. The first-order valence-corrected chi connectivity index (χ1v) is 10.4. The molecule has 4 rings (SSSR count). The van der Waals surface area contributed by atoms with Gasteiger partial charge in [0.05, 0.1) is 27.2 Å². The highest BCUT2D eigenvalue weighted by molar-refractivity contribution is 7.21. The first-order valence-electron chi connectivity index (χ1n) is 9.25. The number of aromatic amines is 1. The highest BCUT2D eigenvalue weighted by Crippen LogP contribution is 2.36. The Labute approximate surface area is 186 Å². The number of thiophene rings is 1. The molecule has 9 heteroatoms. The first kappa shape index (κ1) is 20.8. The fourth-order valence-electron chi connectivity index (χ4n) is 3.55. The first-order chi connectivity index (χ1) is 15.0. The molecule has 0 aliphatic heterocycles. The zero-order chi connectivity index (χ0) is 22.1. The molecule has 0 radical (unpaired) electrons. The molecular formula is C22H17ClN6OS. The number of nitrogens with two attached hydrogens (primary N) is 2. The van der Waals surface area contributed by atoms with E-state index in [0.717, 1.165) is 15.6 Å². The van der Waals surface area contributed by atoms with Crippen LogP contribution in [0.25, 0.3) is 26.4 Å². The quantitative estimate of drug-likeness (QED) is 0.410. The molecule has 0 aliphatic rings. The lowest BCUT2D eigenvalue weighted by Crippen LogP contribution is -2.14. The van der Waals surface area contributed by atoms with E-state index in [9.17, 15) is 10.1 Å². The van der Waals surface area contributed by atoms with Gasteiger partial charge >= 0.3 is 0 Å². The SMILES string of the molecule is CN=C(/C(=C\N)c1ccc2c(=O)[nH]nc(CN)c2c1)c1sc2ccc(Cl)cc2c1C#N. The van der Waals surface area contributed by atoms with Crippen LogP contribution in [-0.4, -0.2) is 23.0 Å². The molecule has 0 spiro atoms. The Morgan fingerprint density at radius 3 is 2.77 bits per heavy atom. The number of fused-ring (bicyclic) bond motifs is 2. The minimum atomic E-state index is -0.297. The highest BCUT2D eigenvalue weighted by Gasteiger charge is 2.21. The number of hydrogen-bond donors (Lipinski definition) is 3. The lowest BCUT2D eigenvalue weighted by Gasteiger charge is -2.12. The van der Waals surface area contributed by atoms with Gasteiger partial charge in [0.2, 0.25) is 0 Å². The Morgan fingerprint density at radius 2 is 2.10 bits per heavy atom. The summed E-state index contributed by atoms with van der Waals surface area (Å²) in [6.45, 7) is 0.169. The number of benzene rings is 2. The van der Waals surface area contributed by atoms with E-state index >= 15 is 0 Å². The van der Waals surface area contributed by atoms with Crippen LogP contribution in [0.1, 0.15) is 21.7 Å². The number of aliphatic imine (C=N–C) groups is 1. The summed E-state index contributed by atoms with van der Waals surface area (Å²) in [5.41, 5.74) is 14.5. The molecule has 0 atom stereocenters. The average Bonchev–Trinajstić information content (AvgIpc) is 3.14. The van der Waals surface area contributed by atoms with Crippen molar-refractivity contribution in [3.8, 4) is 6.07 Å². The summed E-state index contributed by atoms with van der Waals surface area (Å²) in [7, 11) is 1.65. The Morgan fingerprint density at radius 1 is 1.29 bits per heavy atom. The molecular weight excluding hydrogens is 432 g/mol. The summed E-state index contributed by atoms with van der Waals surface area (Å²) >= 11 is 7.59. The smallest absolute Gasteiger partial charge is 0.272 e. The van der Waals surface area contributed by atoms with E-state index in [4.69, 9.17) is 23.1 Å². The number of halogens is 1. The molecule has 2 aromatic heterocycles. The van der Waals surface area contributed by atoms with E-state index in [1.54, 1.807) is 31.3 Å². The Hall–Kier alpha value is -3.51. The summed E-state index contributed by atoms with van der Waals surface area (Å²) in [6.07, 6.45) is 1.45. The number of allylic oxidation sites excluding steroid dienone is 1. The molecule has 0 saturated heterocycles. The summed E-state index contributed by atoms with van der Waals surface area (Å²) in [5, 5.41) is 18.8. The molecule has 31 heavy (non-hydrogen) atoms. The fourth-order valence-corrected chi connectivity index (χ4v) is 4.90. The van der Waals surface area contributed by atoms with Crippen LogP contribution in [0.3, 0.4) is 0 Å². The predicted octanol–water partition coefficient (Wildman–Crippen LogP) is 3.54. The average molecular weight is 449 g/mol. The van der Waals surface area contributed by atoms with Crippen molar-refractivity contribution in [3.05, 3.63) is 79.7 Å². The molecule has 0 amide bonds. The molecule has 0 fully saturated rings. The van der Waals surface area contributed by atoms with Crippen molar-refractivity contribution in [1.29, 1.82) is 5.26 Å². The highest BCUT2D eigenvalue weighted by atomic mass is 35.5. The summed E-state index contributed by atoms with van der Waals surface area (Å²) in [4.78, 5) is 17.3. The van der Waals surface area contributed by atoms with Crippen molar-refractivity contribution >= 4 is 55.1 Å². The van der Waals surface area contributed by atoms with Crippen molar-refractivity contribution in [2.24, 2.45) is 16.5 Å². The number of rotatable bonds is 4. The Bertz CT molecular complexity index is 1490. The van der Waals surface area contributed by atoms with E-state index in [1.807, 2.05) is 12.1 Å². The Balaban J connectivity index is 1.93. The lowest BCUT2D eigenvalue weighted by atomic mass is 9.96. The topological polar surface area (TPSA) is 134 Å². The lowest BCUT2D eigenvalue weighted by molar-refractivity contribution is 0.900. The zero-order valence-electron chi connectivity index (χ0n) is 16.4. The molecule has 0 unspecified atom stereocenters. The number of H-pyrrole nitrogens is 1. The normalized spacial score (nSPS) is 12.5. The van der Waals surface area contributed by atoms with Crippen LogP contribution in [0.2, 0.25) is 5.02 Å². The molecule has 7 nitrogen and oxygen atoms in total. The van der Waals surface area contributed by atoms with Crippen molar-refractivity contribution < 1.29 is 0 Å². The second-order valence-corrected chi connectivity index (χ2v) is 8.16. The molecule has 0 saturated carbocycles. The van der Waals surface area contributed by atoms with E-state index in [2.05, 4.69) is 21.3 Å². The van der Waals surface area contributed by atoms with Crippen LogP contribution in [-0.2, 0) is 6.54 Å². The van der Waals surface area contributed by atoms with Crippen LogP contribution < -0.4 is 17.0 Å². The molecule has 4 aromatic rings. The number of aromatic nitrogens is 2. The maximum atomic E-state index is 12.2. The molecule has 0 aliphatic carbocycles. The van der Waals surface area contributed by atoms with E-state index in [1.165, 1.54) is 17.5 Å². The van der Waals surface area contributed by atoms with Crippen LogP contribution in [0, 0.1) is 11.3 Å². The van der Waals surface area contributed by atoms with Crippen LogP contribution in [0.15, 0.2) is 52.4 Å². The van der Waals surface area contributed by atoms with Gasteiger partial charge in [-0.15, -0.1) is 11.3 Å². The van der Waals surface area contributed by atoms with Crippen molar-refractivity contribution in [2.75, 3.05) is 7.05 Å². The summed E-state index contributed by atoms with van der Waals surface area (Å²) in [6, 6.07) is 13.0. The van der Waals surface area contributed by atoms with Crippen molar-refractivity contribution in [3.63, 3.8) is 0 Å². The maximum Gasteiger partial charge on any atom is 0.272 e. The van der Waals surface area contributed by atoms with Crippen molar-refractivity contribution in [1.82, 2.24) is 10.2 Å². The van der Waals surface area contributed by atoms with Gasteiger partial charge in [-0.3, -0.25) is 9.79 Å². The van der Waals surface area contributed by atoms with Gasteiger partial charge in [0.25, 0.3) is 5.56 Å². The second kappa shape index (κ2) is 8.32. The predicted molar refractivity (Wildman–Crippen MR) is 126 cm³/mol. The third-order valence-electron chi connectivity index (χ3n) is 4.99. The zero-order valence-corrected chi connectivity index (χ0v) is 18.0. The molecule has 5 N–H and O–H groups in total. The standard InChI is InChI=1S/C22H17ClN6OS/c1-27-20(21-17(9-25)15-7-12(23)3-5-19(15)31-21)16(8-24)11-2-4-13-14(6-11)18(10-26)28-29-22(13)30/h2-8H,10,24,26H2,1H3,(H,29,30)/b16-8-,27-20?. The van der Waals surface area contributed by atoms with Gasteiger partial charge in [0, 0.05) is 45.9 Å². The van der Waals surface area contributed by atoms with Crippen LogP contribution in [0.5, 0.6) is 0 Å². The number of nitrogens with one attached hydrogen (secondary N) is 1. The largest absolute Gasteiger partial charge is 0.404 e. The Kier molecular flexibility index (Phi) is 5.57. The molecule has 0 bridgehead atoms. The molecule has 154 valence electrons. The van der Waals surface area contributed by atoms with E-state index in [-0.39, 0.29) is 12.1 Å². The van der Waals surface area contributed by atoms with Gasteiger partial charge in [0.15, 0.2) is 0 Å². The summed E-state index contributed by atoms with van der Waals surface area (Å²) < 4.78 is 0.924. The second-order valence-electron chi connectivity index (χ2n) is 6.67. The van der Waals surface area contributed by atoms with E-state index < -0.39 is 0 Å². The summed E-state index contributed by atoms with van der Waals surface area (Å²) in [5.74, 6) is 0. The van der Waals surface area contributed by atoms with Gasteiger partial charge in [-0.05, 0) is 35.9 Å². The third-order valence-corrected chi connectivity index (χ3v) is 6.41. The van der Waals surface area contributed by atoms with E-state index in [0.29, 0.717) is 43.2 Å². The number of hydrogen-bond acceptors (Lipinski definition) is 7. The van der Waals surface area contributed by atoms with Gasteiger partial charge in [-0.1, -0.05) is 17.7 Å². The van der Waals surface area contributed by atoms with Gasteiger partial charge < -0.3 is 11.5 Å². The maximum absolute atomic E-state index is 12.2. The van der Waals surface area contributed by atoms with Gasteiger partial charge in [-0.2, -0.15) is 10.4 Å². The van der Waals surface area contributed by atoms with Crippen molar-refractivity contribution in [2.45, 2.75) is 6.54 Å². The molecule has 2 aromatic carbocycles. The van der Waals surface area contributed by atoms with Gasteiger partial charge in [0.1, 0.15) is 6.07 Å². The fraction of sp³-hybridized carbons (Fsp3) is 0.0909. The number of nitrogens with zero attached hydrogens (tertiary/aromatic N) is 3. The minimum absolute atomic E-state index is 0.169.